The van der Waals surface area contributed by atoms with E-state index in [0.717, 1.165) is 38.2 Å². The molecule has 0 N–H and O–H groups in total. The lowest BCUT2D eigenvalue weighted by Gasteiger charge is -2.31. The molecule has 0 amide bonds. The van der Waals surface area contributed by atoms with Crippen LogP contribution in [-0.4, -0.2) is 23.6 Å². The number of aromatic nitrogens is 1. The van der Waals surface area contributed by atoms with Crippen molar-refractivity contribution in [2.75, 3.05) is 13.2 Å². The van der Waals surface area contributed by atoms with E-state index in [1.165, 1.54) is 17.8 Å². The minimum atomic E-state index is 0.0929. The van der Waals surface area contributed by atoms with Crippen LogP contribution in [0.25, 0.3) is 0 Å². The van der Waals surface area contributed by atoms with Gasteiger partial charge in [-0.2, -0.15) is 0 Å². The van der Waals surface area contributed by atoms with Gasteiger partial charge < -0.3 is 9.30 Å². The highest BCUT2D eigenvalue weighted by Gasteiger charge is 2.34. The van der Waals surface area contributed by atoms with Crippen LogP contribution in [0, 0.1) is 18.3 Å². The summed E-state index contributed by atoms with van der Waals surface area (Å²) in [5.74, 6) is 0.914. The van der Waals surface area contributed by atoms with E-state index in [4.69, 9.17) is 4.74 Å². The minimum absolute atomic E-state index is 0.0929. The molecule has 0 bridgehead atoms. The number of nitrogens with zero attached hydrogens (tertiary/aromatic N) is 1. The van der Waals surface area contributed by atoms with E-state index in [2.05, 4.69) is 31.4 Å². The first kappa shape index (κ1) is 13.9. The maximum absolute atomic E-state index is 12.3. The first-order valence-electron chi connectivity index (χ1n) is 7.76. The number of hydrogen-bond acceptors (Lipinski definition) is 2. The first-order chi connectivity index (χ1) is 9.46. The Labute approximate surface area is 121 Å². The molecule has 1 fully saturated rings. The Hall–Kier alpha value is -1.09. The smallest absolute Gasteiger partial charge is 0.165 e. The Morgan fingerprint density at radius 3 is 2.90 bits per heavy atom. The topological polar surface area (TPSA) is 31.2 Å². The van der Waals surface area contributed by atoms with Crippen molar-refractivity contribution in [2.45, 2.75) is 53.0 Å². The lowest BCUT2D eigenvalue weighted by atomic mass is 9.76. The fraction of sp³-hybridized carbons (Fsp3) is 0.706. The van der Waals surface area contributed by atoms with Gasteiger partial charge in [-0.05, 0) is 37.7 Å². The van der Waals surface area contributed by atoms with Gasteiger partial charge in [0, 0.05) is 42.4 Å². The van der Waals surface area contributed by atoms with Crippen molar-refractivity contribution in [3.8, 4) is 0 Å². The van der Waals surface area contributed by atoms with Crippen LogP contribution in [0.15, 0.2) is 6.07 Å². The Morgan fingerprint density at radius 2 is 2.20 bits per heavy atom. The van der Waals surface area contributed by atoms with E-state index in [1.807, 2.05) is 0 Å². The zero-order valence-corrected chi connectivity index (χ0v) is 12.9. The second kappa shape index (κ2) is 5.03. The van der Waals surface area contributed by atoms with Gasteiger partial charge in [-0.1, -0.05) is 13.8 Å². The number of hydrogen-bond donors (Lipinski definition) is 0. The Morgan fingerprint density at radius 1 is 1.40 bits per heavy atom. The Balaban J connectivity index is 1.90. The van der Waals surface area contributed by atoms with Crippen molar-refractivity contribution in [1.29, 1.82) is 0 Å². The number of fused-ring (bicyclic) bond motifs is 1. The van der Waals surface area contributed by atoms with E-state index in [-0.39, 0.29) is 5.41 Å². The van der Waals surface area contributed by atoms with E-state index in [9.17, 15) is 4.79 Å². The third-order valence-corrected chi connectivity index (χ3v) is 4.70. The molecule has 20 heavy (non-hydrogen) atoms. The predicted molar refractivity (Wildman–Crippen MR) is 79.1 cm³/mol. The zero-order valence-electron chi connectivity index (χ0n) is 12.9. The number of ketones is 1. The van der Waals surface area contributed by atoms with Gasteiger partial charge in [0.2, 0.25) is 0 Å². The molecule has 110 valence electrons. The highest BCUT2D eigenvalue weighted by Crippen LogP contribution is 2.36. The van der Waals surface area contributed by atoms with Gasteiger partial charge in [0.25, 0.3) is 0 Å². The normalized spacial score (nSPS) is 25.6. The molecule has 3 nitrogen and oxygen atoms in total. The van der Waals surface area contributed by atoms with E-state index in [1.54, 1.807) is 0 Å². The molecule has 1 aliphatic carbocycles. The largest absolute Gasteiger partial charge is 0.381 e. The van der Waals surface area contributed by atoms with Crippen molar-refractivity contribution in [2.24, 2.45) is 11.3 Å². The van der Waals surface area contributed by atoms with Gasteiger partial charge in [0.05, 0.1) is 6.61 Å². The molecule has 3 heteroatoms. The van der Waals surface area contributed by atoms with Gasteiger partial charge in [-0.25, -0.2) is 0 Å². The quantitative estimate of drug-likeness (QED) is 0.828. The number of aryl methyl sites for hydroxylation is 1. The number of rotatable bonds is 2. The van der Waals surface area contributed by atoms with Crippen LogP contribution >= 0.6 is 0 Å². The van der Waals surface area contributed by atoms with Crippen LogP contribution in [0.2, 0.25) is 0 Å². The molecular weight excluding hydrogens is 250 g/mol. The van der Waals surface area contributed by atoms with E-state index < -0.39 is 0 Å². The van der Waals surface area contributed by atoms with Gasteiger partial charge in [-0.3, -0.25) is 4.79 Å². The van der Waals surface area contributed by atoms with Gasteiger partial charge in [-0.15, -0.1) is 0 Å². The molecule has 0 radical (unpaired) electrons. The molecule has 1 unspecified atom stereocenters. The van der Waals surface area contributed by atoms with E-state index >= 15 is 0 Å². The number of carbonyl (C=O) groups is 1. The summed E-state index contributed by atoms with van der Waals surface area (Å²) in [7, 11) is 0. The molecule has 0 spiro atoms. The molecular formula is C17H25NO2. The fourth-order valence-electron chi connectivity index (χ4n) is 3.67. The third kappa shape index (κ3) is 2.56. The monoisotopic (exact) mass is 275 g/mol. The summed E-state index contributed by atoms with van der Waals surface area (Å²) < 4.78 is 7.98. The Bertz CT molecular complexity index is 521. The summed E-state index contributed by atoms with van der Waals surface area (Å²) in [4.78, 5) is 12.3. The molecule has 2 heterocycles. The van der Waals surface area contributed by atoms with Crippen molar-refractivity contribution < 1.29 is 9.53 Å². The van der Waals surface area contributed by atoms with Crippen LogP contribution in [0.1, 0.15) is 54.9 Å². The fourth-order valence-corrected chi connectivity index (χ4v) is 3.67. The summed E-state index contributed by atoms with van der Waals surface area (Å²) in [6.07, 6.45) is 4.09. The molecule has 0 saturated carbocycles. The first-order valence-corrected chi connectivity index (χ1v) is 7.76. The van der Waals surface area contributed by atoms with Gasteiger partial charge in [0.15, 0.2) is 5.78 Å². The van der Waals surface area contributed by atoms with Crippen LogP contribution in [0.4, 0.5) is 0 Å². The molecule has 3 rings (SSSR count). The summed E-state index contributed by atoms with van der Waals surface area (Å²) in [5.41, 5.74) is 3.55. The van der Waals surface area contributed by atoms with Crippen LogP contribution in [-0.2, 0) is 17.7 Å². The maximum atomic E-state index is 12.3. The molecule has 2 aliphatic rings. The minimum Gasteiger partial charge on any atom is -0.381 e. The Kier molecular flexibility index (Phi) is 3.49. The van der Waals surface area contributed by atoms with Crippen molar-refractivity contribution in [3.63, 3.8) is 0 Å². The highest BCUT2D eigenvalue weighted by molar-refractivity contribution is 5.99. The molecule has 1 aromatic rings. The summed E-state index contributed by atoms with van der Waals surface area (Å²) in [5, 5.41) is 0. The lowest BCUT2D eigenvalue weighted by Crippen LogP contribution is -2.30. The maximum Gasteiger partial charge on any atom is 0.165 e. The van der Waals surface area contributed by atoms with Crippen LogP contribution in [0.5, 0.6) is 0 Å². The molecule has 1 saturated heterocycles. The molecule has 1 atom stereocenters. The average Bonchev–Trinajstić information content (AvgIpc) is 2.67. The van der Waals surface area contributed by atoms with Crippen LogP contribution < -0.4 is 0 Å². The summed E-state index contributed by atoms with van der Waals surface area (Å²) in [6.45, 7) is 9.30. The lowest BCUT2D eigenvalue weighted by molar-refractivity contribution is 0.0477. The molecule has 1 aliphatic heterocycles. The number of Topliss-reactive ketones (excluding diaryl/α,β-unsaturated/α-hetero) is 1. The SMILES string of the molecule is Cc1cc2c(n1CC1CCCOC1)CC(C)(C)CC2=O. The van der Waals surface area contributed by atoms with Crippen molar-refractivity contribution in [3.05, 3.63) is 23.0 Å². The zero-order chi connectivity index (χ0) is 14.3. The number of carbonyl (C=O) groups excluding carboxylic acids is 1. The van der Waals surface area contributed by atoms with Gasteiger partial charge >= 0.3 is 0 Å². The molecule has 0 aromatic carbocycles. The van der Waals surface area contributed by atoms with E-state index in [0.29, 0.717) is 18.1 Å². The van der Waals surface area contributed by atoms with Gasteiger partial charge in [0.1, 0.15) is 0 Å². The van der Waals surface area contributed by atoms with Crippen LogP contribution in [0.3, 0.4) is 0 Å². The predicted octanol–water partition coefficient (Wildman–Crippen LogP) is 3.38. The standard InChI is InChI=1S/C17H25NO2/c1-12-7-14-15(8-17(2,3)9-16(14)19)18(12)10-13-5-4-6-20-11-13/h7,13H,4-6,8-11H2,1-3H3. The molecule has 1 aromatic heterocycles. The van der Waals surface area contributed by atoms with Crippen molar-refractivity contribution in [1.82, 2.24) is 4.57 Å². The number of ether oxygens (including phenoxy) is 1. The average molecular weight is 275 g/mol. The third-order valence-electron chi connectivity index (χ3n) is 4.70. The van der Waals surface area contributed by atoms with Crippen molar-refractivity contribution >= 4 is 5.78 Å². The summed E-state index contributed by atoms with van der Waals surface area (Å²) in [6, 6.07) is 2.09. The second-order valence-corrected chi connectivity index (χ2v) is 7.28. The highest BCUT2D eigenvalue weighted by atomic mass is 16.5. The summed E-state index contributed by atoms with van der Waals surface area (Å²) >= 11 is 0. The second-order valence-electron chi connectivity index (χ2n) is 7.28.